The number of aliphatic imine (C=N–C) groups is 1. The van der Waals surface area contributed by atoms with E-state index in [1.165, 1.54) is 19.3 Å². The van der Waals surface area contributed by atoms with Crippen LogP contribution < -0.4 is 10.6 Å². The van der Waals surface area contributed by atoms with Crippen molar-refractivity contribution in [2.45, 2.75) is 52.1 Å². The van der Waals surface area contributed by atoms with Crippen LogP contribution in [0.5, 0.6) is 0 Å². The number of likely N-dealkylation sites (N-methyl/N-ethyl adjacent to an activating group) is 1. The molecule has 0 aromatic rings. The monoisotopic (exact) mass is 356 g/mol. The van der Waals surface area contributed by atoms with Crippen LogP contribution >= 0.6 is 0 Å². The summed E-state index contributed by atoms with van der Waals surface area (Å²) in [6.07, 6.45) is 4.53. The topological polar surface area (TPSA) is 75.2 Å². The summed E-state index contributed by atoms with van der Waals surface area (Å²) in [5.74, 6) is 0.765. The van der Waals surface area contributed by atoms with Crippen LogP contribution in [0.3, 0.4) is 0 Å². The van der Waals surface area contributed by atoms with E-state index in [9.17, 15) is 4.79 Å². The number of carbonyl (C=O) groups excluding carboxylic acids is 1. The number of carbonyl (C=O) groups is 1. The van der Waals surface area contributed by atoms with Crippen LogP contribution in [0.1, 0.15) is 46.5 Å². The number of ether oxygens (including phenoxy) is 2. The predicted molar refractivity (Wildman–Crippen MR) is 101 cm³/mol. The zero-order valence-corrected chi connectivity index (χ0v) is 16.8. The molecule has 0 spiro atoms. The summed E-state index contributed by atoms with van der Waals surface area (Å²) >= 11 is 0. The van der Waals surface area contributed by atoms with Gasteiger partial charge in [0.05, 0.1) is 0 Å². The Balaban J connectivity index is 2.31. The van der Waals surface area contributed by atoms with E-state index >= 15 is 0 Å². The molecule has 146 valence electrons. The molecule has 1 aliphatic carbocycles. The Morgan fingerprint density at radius 3 is 2.44 bits per heavy atom. The van der Waals surface area contributed by atoms with Gasteiger partial charge >= 0.3 is 6.09 Å². The highest BCUT2D eigenvalue weighted by Gasteiger charge is 2.36. The summed E-state index contributed by atoms with van der Waals surface area (Å²) in [5, 5.41) is 6.66. The van der Waals surface area contributed by atoms with E-state index in [4.69, 9.17) is 9.47 Å². The summed E-state index contributed by atoms with van der Waals surface area (Å²) in [7, 11) is 5.25. The first-order valence-electron chi connectivity index (χ1n) is 9.09. The largest absolute Gasteiger partial charge is 0.444 e. The second-order valence-corrected chi connectivity index (χ2v) is 7.85. The zero-order chi connectivity index (χ0) is 18.9. The molecule has 0 aromatic heterocycles. The lowest BCUT2D eigenvalue weighted by atomic mass is 9.67. The van der Waals surface area contributed by atoms with Crippen molar-refractivity contribution in [2.75, 3.05) is 47.4 Å². The van der Waals surface area contributed by atoms with Gasteiger partial charge < -0.3 is 25.0 Å². The highest BCUT2D eigenvalue weighted by molar-refractivity contribution is 5.79. The third-order valence-electron chi connectivity index (χ3n) is 4.55. The van der Waals surface area contributed by atoms with E-state index in [0.717, 1.165) is 25.5 Å². The number of guanidine groups is 1. The second kappa shape index (κ2) is 9.85. The van der Waals surface area contributed by atoms with Crippen molar-refractivity contribution in [3.63, 3.8) is 0 Å². The van der Waals surface area contributed by atoms with E-state index < -0.39 is 5.60 Å². The summed E-state index contributed by atoms with van der Waals surface area (Å²) in [6, 6.07) is 0. The Kier molecular flexibility index (Phi) is 8.48. The van der Waals surface area contributed by atoms with Gasteiger partial charge in [0.2, 0.25) is 0 Å². The number of hydrogen-bond acceptors (Lipinski definition) is 4. The molecule has 1 rings (SSSR count). The van der Waals surface area contributed by atoms with Crippen LogP contribution in [-0.2, 0) is 9.47 Å². The smallest absolute Gasteiger partial charge is 0.410 e. The molecule has 7 nitrogen and oxygen atoms in total. The van der Waals surface area contributed by atoms with Crippen molar-refractivity contribution in [3.8, 4) is 0 Å². The summed E-state index contributed by atoms with van der Waals surface area (Å²) in [4.78, 5) is 17.8. The average Bonchev–Trinajstić information content (AvgIpc) is 2.49. The number of hydrogen-bond donors (Lipinski definition) is 2. The Hall–Kier alpha value is -1.50. The van der Waals surface area contributed by atoms with Gasteiger partial charge in [-0.15, -0.1) is 0 Å². The molecule has 0 heterocycles. The molecule has 1 saturated carbocycles. The van der Waals surface area contributed by atoms with Crippen LogP contribution in [0.15, 0.2) is 4.99 Å². The lowest BCUT2D eigenvalue weighted by Crippen LogP contribution is -2.48. The maximum Gasteiger partial charge on any atom is 0.410 e. The van der Waals surface area contributed by atoms with Gasteiger partial charge in [-0.25, -0.2) is 4.79 Å². The number of nitrogens with one attached hydrogen (secondary N) is 2. The van der Waals surface area contributed by atoms with Crippen LogP contribution in [0.2, 0.25) is 0 Å². The molecule has 1 aliphatic rings. The lowest BCUT2D eigenvalue weighted by Gasteiger charge is -2.42. The average molecular weight is 357 g/mol. The Bertz CT molecular complexity index is 442. The standard InChI is InChI=1S/C18H36N4O3/c1-17(2,3)25-16(23)22(5)12-11-20-15(19-4)21-14-18(8-7-9-18)10-13-24-6/h7-14H2,1-6H3,(H2,19,20,21). The Morgan fingerprint density at radius 2 is 1.96 bits per heavy atom. The van der Waals surface area contributed by atoms with Crippen molar-refractivity contribution in [1.29, 1.82) is 0 Å². The minimum Gasteiger partial charge on any atom is -0.444 e. The molecule has 25 heavy (non-hydrogen) atoms. The van der Waals surface area contributed by atoms with E-state index in [2.05, 4.69) is 15.6 Å². The predicted octanol–water partition coefficient (Wildman–Crippen LogP) is 2.23. The molecular formula is C18H36N4O3. The quantitative estimate of drug-likeness (QED) is 0.515. The van der Waals surface area contributed by atoms with Gasteiger partial charge in [-0.1, -0.05) is 6.42 Å². The molecule has 0 bridgehead atoms. The highest BCUT2D eigenvalue weighted by atomic mass is 16.6. The van der Waals surface area contributed by atoms with E-state index in [-0.39, 0.29) is 6.09 Å². The van der Waals surface area contributed by atoms with Gasteiger partial charge in [0, 0.05) is 47.4 Å². The number of rotatable bonds is 8. The van der Waals surface area contributed by atoms with E-state index in [1.54, 1.807) is 26.1 Å². The molecule has 0 unspecified atom stereocenters. The third-order valence-corrected chi connectivity index (χ3v) is 4.55. The maximum absolute atomic E-state index is 11.9. The summed E-state index contributed by atoms with van der Waals surface area (Å²) < 4.78 is 10.6. The van der Waals surface area contributed by atoms with Crippen LogP contribution in [0, 0.1) is 5.41 Å². The number of nitrogens with zero attached hydrogens (tertiary/aromatic N) is 2. The summed E-state index contributed by atoms with van der Waals surface area (Å²) in [5.41, 5.74) is -0.142. The molecule has 1 fully saturated rings. The highest BCUT2D eigenvalue weighted by Crippen LogP contribution is 2.43. The van der Waals surface area contributed by atoms with Crippen molar-refractivity contribution >= 4 is 12.1 Å². The fourth-order valence-electron chi connectivity index (χ4n) is 2.78. The molecule has 2 N–H and O–H groups in total. The minimum atomic E-state index is -0.477. The molecule has 0 saturated heterocycles. The zero-order valence-electron chi connectivity index (χ0n) is 16.8. The van der Waals surface area contributed by atoms with Gasteiger partial charge in [0.1, 0.15) is 5.60 Å². The molecule has 0 aliphatic heterocycles. The fraction of sp³-hybridized carbons (Fsp3) is 0.889. The van der Waals surface area contributed by atoms with Gasteiger partial charge in [-0.05, 0) is 45.4 Å². The maximum atomic E-state index is 11.9. The first-order chi connectivity index (χ1) is 11.7. The van der Waals surface area contributed by atoms with Crippen LogP contribution in [-0.4, -0.2) is 70.0 Å². The molecular weight excluding hydrogens is 320 g/mol. The van der Waals surface area contributed by atoms with E-state index in [0.29, 0.717) is 18.5 Å². The van der Waals surface area contributed by atoms with Gasteiger partial charge in [0.15, 0.2) is 5.96 Å². The lowest BCUT2D eigenvalue weighted by molar-refractivity contribution is 0.0302. The molecule has 1 amide bonds. The van der Waals surface area contributed by atoms with Crippen LogP contribution in [0.25, 0.3) is 0 Å². The number of methoxy groups -OCH3 is 1. The van der Waals surface area contributed by atoms with E-state index in [1.807, 2.05) is 20.8 Å². The SMILES string of the molecule is CN=C(NCCN(C)C(=O)OC(C)(C)C)NCC1(CCOC)CCC1. The fourth-order valence-corrected chi connectivity index (χ4v) is 2.78. The van der Waals surface area contributed by atoms with Gasteiger partial charge in [0.25, 0.3) is 0 Å². The Morgan fingerprint density at radius 1 is 1.28 bits per heavy atom. The van der Waals surface area contributed by atoms with Gasteiger partial charge in [-0.3, -0.25) is 4.99 Å². The van der Waals surface area contributed by atoms with Crippen LogP contribution in [0.4, 0.5) is 4.79 Å². The van der Waals surface area contributed by atoms with Crippen molar-refractivity contribution in [2.24, 2.45) is 10.4 Å². The first-order valence-corrected chi connectivity index (χ1v) is 9.09. The first kappa shape index (κ1) is 21.5. The molecule has 0 radical (unpaired) electrons. The minimum absolute atomic E-state index is 0.315. The molecule has 0 aromatic carbocycles. The second-order valence-electron chi connectivity index (χ2n) is 7.85. The van der Waals surface area contributed by atoms with Crippen molar-refractivity contribution in [1.82, 2.24) is 15.5 Å². The van der Waals surface area contributed by atoms with Gasteiger partial charge in [-0.2, -0.15) is 0 Å². The molecule has 7 heteroatoms. The normalized spacial score (nSPS) is 16.8. The van der Waals surface area contributed by atoms with Crippen molar-refractivity contribution < 1.29 is 14.3 Å². The summed E-state index contributed by atoms with van der Waals surface area (Å²) in [6.45, 7) is 8.45. The van der Waals surface area contributed by atoms with Crippen molar-refractivity contribution in [3.05, 3.63) is 0 Å². The third kappa shape index (κ3) is 7.94. The molecule has 0 atom stereocenters. The number of amides is 1. The Labute approximate surface area is 152 Å².